The predicted octanol–water partition coefficient (Wildman–Crippen LogP) is 4.70. The number of esters is 1. The van der Waals surface area contributed by atoms with Crippen LogP contribution in [0.2, 0.25) is 5.02 Å². The summed E-state index contributed by atoms with van der Waals surface area (Å²) in [4.78, 5) is 15.4. The molecule has 1 aromatic carbocycles. The first-order chi connectivity index (χ1) is 10.9. The van der Waals surface area contributed by atoms with E-state index in [4.69, 9.17) is 16.3 Å². The summed E-state index contributed by atoms with van der Waals surface area (Å²) in [5.41, 5.74) is -0.414. The highest BCUT2D eigenvalue weighted by Crippen LogP contribution is 2.29. The van der Waals surface area contributed by atoms with Crippen LogP contribution >= 0.6 is 23.4 Å². The first-order valence-electron chi connectivity index (χ1n) is 6.45. The molecule has 0 unspecified atom stereocenters. The summed E-state index contributed by atoms with van der Waals surface area (Å²) in [6, 6.07) is 8.52. The molecule has 0 amide bonds. The maximum atomic E-state index is 12.4. The zero-order valence-corrected chi connectivity index (χ0v) is 13.2. The molecule has 1 heterocycles. The molecule has 0 bridgehead atoms. The van der Waals surface area contributed by atoms with Gasteiger partial charge in [0.05, 0.1) is 16.2 Å². The number of hydrogen-bond acceptors (Lipinski definition) is 4. The average Bonchev–Trinajstić information content (AvgIpc) is 2.51. The minimum absolute atomic E-state index is 0.120. The zero-order valence-electron chi connectivity index (χ0n) is 11.6. The number of carbonyl (C=O) groups is 1. The molecular weight excluding hydrogens is 351 g/mol. The number of carbonyl (C=O) groups excluding carboxylic acids is 1. The maximum Gasteiger partial charge on any atom is 0.417 e. The van der Waals surface area contributed by atoms with Gasteiger partial charge in [0.25, 0.3) is 0 Å². The molecule has 2 rings (SSSR count). The summed E-state index contributed by atoms with van der Waals surface area (Å²) in [5, 5.41) is 0.950. The van der Waals surface area contributed by atoms with Gasteiger partial charge in [-0.1, -0.05) is 11.6 Å². The van der Waals surface area contributed by atoms with Crippen LogP contribution in [0.4, 0.5) is 13.2 Å². The van der Waals surface area contributed by atoms with Crippen LogP contribution in [-0.2, 0) is 10.9 Å². The Bertz CT molecular complexity index is 660. The van der Waals surface area contributed by atoms with Crippen LogP contribution in [0.3, 0.4) is 0 Å². The Morgan fingerprint density at radius 3 is 2.43 bits per heavy atom. The number of pyridine rings is 1. The fraction of sp³-hybridized carbons (Fsp3) is 0.200. The first-order valence-corrected chi connectivity index (χ1v) is 7.81. The van der Waals surface area contributed by atoms with E-state index in [0.29, 0.717) is 21.4 Å². The Balaban J connectivity index is 1.77. The molecule has 0 spiro atoms. The maximum absolute atomic E-state index is 12.4. The van der Waals surface area contributed by atoms with Crippen LogP contribution in [0.25, 0.3) is 0 Å². The first kappa shape index (κ1) is 17.6. The molecule has 3 nitrogen and oxygen atoms in total. The van der Waals surface area contributed by atoms with Crippen molar-refractivity contribution in [2.24, 2.45) is 0 Å². The van der Waals surface area contributed by atoms with Crippen LogP contribution < -0.4 is 0 Å². The van der Waals surface area contributed by atoms with Crippen molar-refractivity contribution in [1.29, 1.82) is 0 Å². The minimum atomic E-state index is -4.40. The minimum Gasteiger partial charge on any atom is -0.461 e. The van der Waals surface area contributed by atoms with Gasteiger partial charge in [-0.2, -0.15) is 13.2 Å². The summed E-state index contributed by atoms with van der Waals surface area (Å²) in [5.74, 6) is -0.0971. The van der Waals surface area contributed by atoms with Gasteiger partial charge in [0.15, 0.2) is 0 Å². The third-order valence-electron chi connectivity index (χ3n) is 2.71. The van der Waals surface area contributed by atoms with Crippen molar-refractivity contribution in [2.45, 2.75) is 11.2 Å². The lowest BCUT2D eigenvalue weighted by Gasteiger charge is -2.07. The Hall–Kier alpha value is -1.73. The molecule has 0 aliphatic rings. The van der Waals surface area contributed by atoms with Crippen molar-refractivity contribution in [2.75, 3.05) is 12.4 Å². The molecule has 0 saturated heterocycles. The van der Waals surface area contributed by atoms with E-state index in [0.717, 1.165) is 12.3 Å². The van der Waals surface area contributed by atoms with E-state index < -0.39 is 17.7 Å². The van der Waals surface area contributed by atoms with Crippen LogP contribution in [-0.4, -0.2) is 23.3 Å². The SMILES string of the molecule is O=C(OCCSc1ccc(C(F)(F)F)cn1)c1ccc(Cl)cc1. The fourth-order valence-corrected chi connectivity index (χ4v) is 2.38. The van der Waals surface area contributed by atoms with Crippen LogP contribution in [0.15, 0.2) is 47.6 Å². The van der Waals surface area contributed by atoms with Crippen molar-refractivity contribution < 1.29 is 22.7 Å². The second-order valence-corrected chi connectivity index (χ2v) is 5.93. The normalized spacial score (nSPS) is 11.3. The largest absolute Gasteiger partial charge is 0.461 e. The van der Waals surface area contributed by atoms with E-state index in [9.17, 15) is 18.0 Å². The van der Waals surface area contributed by atoms with Crippen molar-refractivity contribution >= 4 is 29.3 Å². The number of nitrogens with zero attached hydrogens (tertiary/aromatic N) is 1. The molecule has 2 aromatic rings. The van der Waals surface area contributed by atoms with Gasteiger partial charge in [-0.25, -0.2) is 9.78 Å². The topological polar surface area (TPSA) is 39.2 Å². The van der Waals surface area contributed by atoms with Crippen molar-refractivity contribution in [3.63, 3.8) is 0 Å². The van der Waals surface area contributed by atoms with Crippen LogP contribution in [0.1, 0.15) is 15.9 Å². The number of aromatic nitrogens is 1. The molecule has 1 aromatic heterocycles. The van der Waals surface area contributed by atoms with Gasteiger partial charge < -0.3 is 4.74 Å². The van der Waals surface area contributed by atoms with Gasteiger partial charge in [0, 0.05) is 17.0 Å². The molecular formula is C15H11ClF3NO2S. The Morgan fingerprint density at radius 2 is 1.87 bits per heavy atom. The highest BCUT2D eigenvalue weighted by Gasteiger charge is 2.30. The second kappa shape index (κ2) is 7.70. The molecule has 8 heteroatoms. The molecule has 0 atom stereocenters. The number of thioether (sulfide) groups is 1. The number of rotatable bonds is 5. The number of benzene rings is 1. The fourth-order valence-electron chi connectivity index (χ4n) is 1.58. The summed E-state index contributed by atoms with van der Waals surface area (Å²) in [6.45, 7) is 0.120. The Labute approximate surface area is 139 Å². The van der Waals surface area contributed by atoms with Gasteiger partial charge >= 0.3 is 12.1 Å². The summed E-state index contributed by atoms with van der Waals surface area (Å²) in [7, 11) is 0. The van der Waals surface area contributed by atoms with Crippen molar-refractivity contribution in [1.82, 2.24) is 4.98 Å². The molecule has 122 valence electrons. The smallest absolute Gasteiger partial charge is 0.417 e. The lowest BCUT2D eigenvalue weighted by molar-refractivity contribution is -0.137. The van der Waals surface area contributed by atoms with Gasteiger partial charge in [-0.15, -0.1) is 11.8 Å². The second-order valence-electron chi connectivity index (χ2n) is 4.37. The lowest BCUT2D eigenvalue weighted by atomic mass is 10.2. The van der Waals surface area contributed by atoms with Gasteiger partial charge in [-0.3, -0.25) is 0 Å². The molecule has 0 saturated carbocycles. The number of alkyl halides is 3. The third kappa shape index (κ3) is 5.44. The molecule has 0 fully saturated rings. The zero-order chi connectivity index (χ0) is 16.9. The summed E-state index contributed by atoms with van der Waals surface area (Å²) >= 11 is 6.92. The van der Waals surface area contributed by atoms with Crippen molar-refractivity contribution in [3.8, 4) is 0 Å². The number of halogens is 4. The van der Waals surface area contributed by atoms with Gasteiger partial charge in [0.2, 0.25) is 0 Å². The van der Waals surface area contributed by atoms with E-state index in [1.165, 1.54) is 17.8 Å². The molecule has 0 aliphatic heterocycles. The third-order valence-corrected chi connectivity index (χ3v) is 3.87. The molecule has 0 radical (unpaired) electrons. The summed E-state index contributed by atoms with van der Waals surface area (Å²) < 4.78 is 42.2. The van der Waals surface area contributed by atoms with Crippen molar-refractivity contribution in [3.05, 3.63) is 58.7 Å². The predicted molar refractivity (Wildman–Crippen MR) is 81.7 cm³/mol. The van der Waals surface area contributed by atoms with E-state index in [2.05, 4.69) is 4.98 Å². The number of hydrogen-bond donors (Lipinski definition) is 0. The van der Waals surface area contributed by atoms with E-state index in [1.807, 2.05) is 0 Å². The highest BCUT2D eigenvalue weighted by molar-refractivity contribution is 7.99. The van der Waals surface area contributed by atoms with E-state index in [-0.39, 0.29) is 6.61 Å². The lowest BCUT2D eigenvalue weighted by Crippen LogP contribution is -2.08. The number of ether oxygens (including phenoxy) is 1. The molecule has 0 N–H and O–H groups in total. The molecule has 23 heavy (non-hydrogen) atoms. The Morgan fingerprint density at radius 1 is 1.17 bits per heavy atom. The van der Waals surface area contributed by atoms with Crippen LogP contribution in [0, 0.1) is 0 Å². The van der Waals surface area contributed by atoms with E-state index >= 15 is 0 Å². The van der Waals surface area contributed by atoms with E-state index in [1.54, 1.807) is 24.3 Å². The quantitative estimate of drug-likeness (QED) is 0.439. The summed E-state index contributed by atoms with van der Waals surface area (Å²) in [6.07, 6.45) is -3.62. The molecule has 0 aliphatic carbocycles. The standard InChI is InChI=1S/C15H11ClF3NO2S/c16-12-4-1-10(2-5-12)14(21)22-7-8-23-13-6-3-11(9-20-13)15(17,18)19/h1-6,9H,7-8H2. The van der Waals surface area contributed by atoms with Gasteiger partial charge in [0.1, 0.15) is 6.61 Å². The highest BCUT2D eigenvalue weighted by atomic mass is 35.5. The Kier molecular flexibility index (Phi) is 5.90. The van der Waals surface area contributed by atoms with Gasteiger partial charge in [-0.05, 0) is 36.4 Å². The average molecular weight is 362 g/mol. The monoisotopic (exact) mass is 361 g/mol. The van der Waals surface area contributed by atoms with Crippen LogP contribution in [0.5, 0.6) is 0 Å².